The van der Waals surface area contributed by atoms with E-state index in [1.54, 1.807) is 0 Å². The Morgan fingerprint density at radius 2 is 1.76 bits per heavy atom. The SMILES string of the molecule is C=C(CCCC)CC(C)C(C)CCC(S)CC. The standard InChI is InChI=1S/C16H32S/c1-6-8-9-13(3)12-15(5)14(4)10-11-16(17)7-2/h14-17H,3,6-12H2,1-2,4-5H3. The van der Waals surface area contributed by atoms with Crippen molar-refractivity contribution in [3.05, 3.63) is 12.2 Å². The number of rotatable bonds is 10. The number of unbranched alkanes of at least 4 members (excludes halogenated alkanes) is 1. The van der Waals surface area contributed by atoms with Crippen molar-refractivity contribution in [1.82, 2.24) is 0 Å². The monoisotopic (exact) mass is 256 g/mol. The molecule has 0 N–H and O–H groups in total. The molecular formula is C16H32S. The fourth-order valence-corrected chi connectivity index (χ4v) is 2.28. The molecule has 0 aromatic heterocycles. The van der Waals surface area contributed by atoms with E-state index in [0.29, 0.717) is 5.25 Å². The second-order valence-electron chi connectivity index (χ2n) is 5.65. The molecule has 0 aromatic carbocycles. The van der Waals surface area contributed by atoms with E-state index in [-0.39, 0.29) is 0 Å². The fourth-order valence-electron chi connectivity index (χ4n) is 2.13. The summed E-state index contributed by atoms with van der Waals surface area (Å²) >= 11 is 4.57. The Morgan fingerprint density at radius 1 is 1.12 bits per heavy atom. The van der Waals surface area contributed by atoms with Crippen LogP contribution in [-0.4, -0.2) is 5.25 Å². The zero-order valence-electron chi connectivity index (χ0n) is 12.3. The predicted molar refractivity (Wildman–Crippen MR) is 83.9 cm³/mol. The summed E-state index contributed by atoms with van der Waals surface area (Å²) in [6.07, 6.45) is 8.77. The Hall–Kier alpha value is 0.0900. The highest BCUT2D eigenvalue weighted by molar-refractivity contribution is 7.80. The molecule has 0 aliphatic rings. The van der Waals surface area contributed by atoms with E-state index in [9.17, 15) is 0 Å². The van der Waals surface area contributed by atoms with Crippen molar-refractivity contribution in [2.75, 3.05) is 0 Å². The summed E-state index contributed by atoms with van der Waals surface area (Å²) in [4.78, 5) is 0. The first-order valence-electron chi connectivity index (χ1n) is 7.35. The van der Waals surface area contributed by atoms with Gasteiger partial charge in [-0.3, -0.25) is 0 Å². The van der Waals surface area contributed by atoms with Crippen LogP contribution in [-0.2, 0) is 0 Å². The molecule has 3 unspecified atom stereocenters. The van der Waals surface area contributed by atoms with Gasteiger partial charge in [0.15, 0.2) is 0 Å². The maximum atomic E-state index is 4.57. The number of allylic oxidation sites excluding steroid dienone is 1. The molecule has 0 radical (unpaired) electrons. The van der Waals surface area contributed by atoms with E-state index in [0.717, 1.165) is 11.8 Å². The van der Waals surface area contributed by atoms with Gasteiger partial charge >= 0.3 is 0 Å². The molecule has 0 aliphatic heterocycles. The zero-order chi connectivity index (χ0) is 13.3. The van der Waals surface area contributed by atoms with Crippen molar-refractivity contribution in [3.63, 3.8) is 0 Å². The molecule has 0 saturated heterocycles. The van der Waals surface area contributed by atoms with Gasteiger partial charge in [-0.2, -0.15) is 12.6 Å². The highest BCUT2D eigenvalue weighted by atomic mass is 32.1. The van der Waals surface area contributed by atoms with Crippen molar-refractivity contribution in [1.29, 1.82) is 0 Å². The first-order valence-corrected chi connectivity index (χ1v) is 7.87. The third kappa shape index (κ3) is 8.77. The summed E-state index contributed by atoms with van der Waals surface area (Å²) in [6.45, 7) is 13.4. The molecule has 0 rings (SSSR count). The van der Waals surface area contributed by atoms with E-state index in [1.165, 1.54) is 50.5 Å². The summed E-state index contributed by atoms with van der Waals surface area (Å²) < 4.78 is 0. The Kier molecular flexibility index (Phi) is 10.1. The molecule has 0 amide bonds. The van der Waals surface area contributed by atoms with Crippen LogP contribution in [0.15, 0.2) is 12.2 Å². The first kappa shape index (κ1) is 17.1. The summed E-state index contributed by atoms with van der Waals surface area (Å²) in [5.41, 5.74) is 1.45. The van der Waals surface area contributed by atoms with E-state index >= 15 is 0 Å². The maximum Gasteiger partial charge on any atom is 0.00142 e. The molecule has 102 valence electrons. The third-order valence-electron chi connectivity index (χ3n) is 3.89. The molecule has 0 fully saturated rings. The first-order chi connectivity index (χ1) is 8.01. The van der Waals surface area contributed by atoms with Crippen LogP contribution in [0.25, 0.3) is 0 Å². The summed E-state index contributed by atoms with van der Waals surface area (Å²) in [5.74, 6) is 1.58. The largest absolute Gasteiger partial charge is 0.176 e. The second kappa shape index (κ2) is 10.1. The van der Waals surface area contributed by atoms with Crippen LogP contribution in [0.4, 0.5) is 0 Å². The van der Waals surface area contributed by atoms with Crippen molar-refractivity contribution in [3.8, 4) is 0 Å². The fraction of sp³-hybridized carbons (Fsp3) is 0.875. The smallest absolute Gasteiger partial charge is 0.00142 e. The van der Waals surface area contributed by atoms with Crippen molar-refractivity contribution >= 4 is 12.6 Å². The van der Waals surface area contributed by atoms with Gasteiger partial charge in [-0.15, -0.1) is 0 Å². The van der Waals surface area contributed by atoms with Crippen LogP contribution in [0.5, 0.6) is 0 Å². The van der Waals surface area contributed by atoms with Crippen LogP contribution in [0.2, 0.25) is 0 Å². The molecular weight excluding hydrogens is 224 g/mol. The molecule has 0 heterocycles. The Labute approximate surface area is 115 Å². The lowest BCUT2D eigenvalue weighted by atomic mass is 9.85. The highest BCUT2D eigenvalue weighted by Gasteiger charge is 2.14. The van der Waals surface area contributed by atoms with Gasteiger partial charge in [0.2, 0.25) is 0 Å². The van der Waals surface area contributed by atoms with E-state index < -0.39 is 0 Å². The zero-order valence-corrected chi connectivity index (χ0v) is 13.2. The van der Waals surface area contributed by atoms with Crippen LogP contribution in [0.3, 0.4) is 0 Å². The van der Waals surface area contributed by atoms with Crippen LogP contribution >= 0.6 is 12.6 Å². The van der Waals surface area contributed by atoms with E-state index in [1.807, 2.05) is 0 Å². The van der Waals surface area contributed by atoms with Crippen molar-refractivity contribution in [2.45, 2.75) is 77.9 Å². The van der Waals surface area contributed by atoms with Crippen LogP contribution in [0.1, 0.15) is 72.6 Å². The molecule has 17 heavy (non-hydrogen) atoms. The molecule has 0 saturated carbocycles. The minimum Gasteiger partial charge on any atom is -0.176 e. The normalized spacial score (nSPS) is 16.5. The molecule has 0 bridgehead atoms. The van der Waals surface area contributed by atoms with Gasteiger partial charge in [-0.25, -0.2) is 0 Å². The quantitative estimate of drug-likeness (QED) is 0.366. The predicted octanol–water partition coefficient (Wildman–Crippen LogP) is 5.88. The number of thiol groups is 1. The van der Waals surface area contributed by atoms with E-state index in [4.69, 9.17) is 0 Å². The van der Waals surface area contributed by atoms with Crippen molar-refractivity contribution in [2.24, 2.45) is 11.8 Å². The second-order valence-corrected chi connectivity index (χ2v) is 6.38. The van der Waals surface area contributed by atoms with E-state index in [2.05, 4.69) is 46.9 Å². The van der Waals surface area contributed by atoms with Crippen LogP contribution < -0.4 is 0 Å². The van der Waals surface area contributed by atoms with Gasteiger partial charge in [0.1, 0.15) is 0 Å². The molecule has 0 nitrogen and oxygen atoms in total. The lowest BCUT2D eigenvalue weighted by Gasteiger charge is -2.22. The molecule has 1 heteroatoms. The minimum absolute atomic E-state index is 0.591. The number of hydrogen-bond donors (Lipinski definition) is 1. The average Bonchev–Trinajstić information content (AvgIpc) is 2.32. The molecule has 0 aromatic rings. The Morgan fingerprint density at radius 3 is 2.29 bits per heavy atom. The Bertz CT molecular complexity index is 198. The molecule has 0 aliphatic carbocycles. The van der Waals surface area contributed by atoms with Crippen LogP contribution in [0, 0.1) is 11.8 Å². The summed E-state index contributed by atoms with van der Waals surface area (Å²) in [6, 6.07) is 0. The molecule has 3 atom stereocenters. The maximum absolute atomic E-state index is 4.57. The third-order valence-corrected chi connectivity index (χ3v) is 4.52. The lowest BCUT2D eigenvalue weighted by Crippen LogP contribution is -2.11. The minimum atomic E-state index is 0.591. The summed E-state index contributed by atoms with van der Waals surface area (Å²) in [5, 5.41) is 0.591. The van der Waals surface area contributed by atoms with Gasteiger partial charge < -0.3 is 0 Å². The summed E-state index contributed by atoms with van der Waals surface area (Å²) in [7, 11) is 0. The van der Waals surface area contributed by atoms with Gasteiger partial charge in [0, 0.05) is 5.25 Å². The Balaban J connectivity index is 3.80. The van der Waals surface area contributed by atoms with Gasteiger partial charge in [-0.1, -0.05) is 46.3 Å². The van der Waals surface area contributed by atoms with Gasteiger partial charge in [-0.05, 0) is 50.4 Å². The van der Waals surface area contributed by atoms with Gasteiger partial charge in [0.25, 0.3) is 0 Å². The topological polar surface area (TPSA) is 0 Å². The number of hydrogen-bond acceptors (Lipinski definition) is 1. The lowest BCUT2D eigenvalue weighted by molar-refractivity contribution is 0.349. The highest BCUT2D eigenvalue weighted by Crippen LogP contribution is 2.26. The van der Waals surface area contributed by atoms with Gasteiger partial charge in [0.05, 0.1) is 0 Å². The molecule has 0 spiro atoms. The van der Waals surface area contributed by atoms with Crippen molar-refractivity contribution < 1.29 is 0 Å². The average molecular weight is 256 g/mol.